The number of aliphatic hydroxyl groups excluding tert-OH is 7. The van der Waals surface area contributed by atoms with E-state index in [1.165, 1.54) is 19.3 Å². The van der Waals surface area contributed by atoms with E-state index in [1.54, 1.807) is 0 Å². The van der Waals surface area contributed by atoms with Crippen molar-refractivity contribution in [2.45, 2.75) is 113 Å². The molecule has 190 valence electrons. The summed E-state index contributed by atoms with van der Waals surface area (Å²) in [7, 11) is 0. The van der Waals surface area contributed by atoms with Gasteiger partial charge in [-0.15, -0.1) is 0 Å². The van der Waals surface area contributed by atoms with Gasteiger partial charge in [-0.1, -0.05) is 45.4 Å². The van der Waals surface area contributed by atoms with Crippen LogP contribution in [0.1, 0.15) is 51.9 Å². The Balaban J connectivity index is 1.96. The highest BCUT2D eigenvalue weighted by Gasteiger charge is 2.50. The van der Waals surface area contributed by atoms with Crippen molar-refractivity contribution in [1.82, 2.24) is 0 Å². The average Bonchev–Trinajstić information content (AvgIpc) is 2.79. The number of hydrogen-bond acceptors (Lipinski definition) is 11. The van der Waals surface area contributed by atoms with Crippen LogP contribution in [0.4, 0.5) is 0 Å². The van der Waals surface area contributed by atoms with Crippen molar-refractivity contribution in [2.24, 2.45) is 0 Å². The molecule has 0 bridgehead atoms. The molecule has 0 aliphatic carbocycles. The van der Waals surface area contributed by atoms with Crippen molar-refractivity contribution in [1.29, 1.82) is 0 Å². The number of aliphatic hydroxyl groups is 7. The van der Waals surface area contributed by atoms with Gasteiger partial charge < -0.3 is 54.7 Å². The van der Waals surface area contributed by atoms with Crippen molar-refractivity contribution in [3.8, 4) is 0 Å². The van der Waals surface area contributed by atoms with E-state index < -0.39 is 74.6 Å². The van der Waals surface area contributed by atoms with Gasteiger partial charge in [-0.05, 0) is 6.42 Å². The van der Waals surface area contributed by atoms with E-state index in [9.17, 15) is 35.7 Å². The zero-order valence-corrected chi connectivity index (χ0v) is 18.6. The van der Waals surface area contributed by atoms with Crippen LogP contribution >= 0.6 is 0 Å². The Morgan fingerprint density at radius 3 is 1.75 bits per heavy atom. The third-order valence-electron chi connectivity index (χ3n) is 5.99. The van der Waals surface area contributed by atoms with Crippen molar-refractivity contribution in [2.75, 3.05) is 19.8 Å². The van der Waals surface area contributed by atoms with E-state index in [0.717, 1.165) is 25.7 Å². The predicted octanol–water partition coefficient (Wildman–Crippen LogP) is -1.62. The highest BCUT2D eigenvalue weighted by atomic mass is 16.8. The van der Waals surface area contributed by atoms with Gasteiger partial charge in [0.15, 0.2) is 12.6 Å². The molecule has 2 aliphatic rings. The SMILES string of the molecule is CCCCCCCCCOC1O[C@H](CO)[C@@H](O)[C@H](O)[C@H]1OC1O[C@H](CO)[C@@H](O)[C@H](O)[C@H]1O. The van der Waals surface area contributed by atoms with E-state index in [2.05, 4.69) is 6.92 Å². The van der Waals surface area contributed by atoms with Gasteiger partial charge in [-0.2, -0.15) is 0 Å². The Morgan fingerprint density at radius 2 is 1.16 bits per heavy atom. The van der Waals surface area contributed by atoms with Gasteiger partial charge in [0.2, 0.25) is 0 Å². The van der Waals surface area contributed by atoms with E-state index in [1.807, 2.05) is 0 Å². The van der Waals surface area contributed by atoms with Crippen molar-refractivity contribution >= 4 is 0 Å². The first-order chi connectivity index (χ1) is 15.3. The maximum atomic E-state index is 10.5. The van der Waals surface area contributed by atoms with Crippen LogP contribution in [0.2, 0.25) is 0 Å². The van der Waals surface area contributed by atoms with Crippen molar-refractivity contribution in [3.05, 3.63) is 0 Å². The van der Waals surface area contributed by atoms with Crippen LogP contribution < -0.4 is 0 Å². The third kappa shape index (κ3) is 7.28. The summed E-state index contributed by atoms with van der Waals surface area (Å²) in [6.45, 7) is 1.25. The Bertz CT molecular complexity index is 508. The van der Waals surface area contributed by atoms with Gasteiger partial charge in [-0.25, -0.2) is 0 Å². The summed E-state index contributed by atoms with van der Waals surface area (Å²) in [5.41, 5.74) is 0. The summed E-state index contributed by atoms with van der Waals surface area (Å²) < 4.78 is 22.2. The smallest absolute Gasteiger partial charge is 0.187 e. The lowest BCUT2D eigenvalue weighted by Gasteiger charge is -2.45. The normalized spacial score (nSPS) is 40.5. The molecule has 0 aromatic carbocycles. The summed E-state index contributed by atoms with van der Waals surface area (Å²) >= 11 is 0. The first-order valence-corrected chi connectivity index (χ1v) is 11.6. The molecule has 2 rings (SSSR count). The lowest BCUT2D eigenvalue weighted by molar-refractivity contribution is -0.367. The molecule has 0 radical (unpaired) electrons. The van der Waals surface area contributed by atoms with Crippen molar-refractivity contribution < 1.29 is 54.7 Å². The maximum Gasteiger partial charge on any atom is 0.187 e. The molecule has 0 amide bonds. The summed E-state index contributed by atoms with van der Waals surface area (Å²) in [5.74, 6) is 0. The molecule has 0 saturated carbocycles. The predicted molar refractivity (Wildman–Crippen MR) is 110 cm³/mol. The Morgan fingerprint density at radius 1 is 0.625 bits per heavy atom. The van der Waals surface area contributed by atoms with Crippen LogP contribution in [-0.4, -0.2) is 117 Å². The minimum absolute atomic E-state index is 0.286. The second-order valence-corrected chi connectivity index (χ2v) is 8.50. The van der Waals surface area contributed by atoms with E-state index in [-0.39, 0.29) is 6.61 Å². The van der Waals surface area contributed by atoms with Crippen LogP contribution in [0.15, 0.2) is 0 Å². The van der Waals surface area contributed by atoms with Crippen LogP contribution in [-0.2, 0) is 18.9 Å². The molecule has 0 spiro atoms. The zero-order chi connectivity index (χ0) is 23.7. The molecule has 2 aliphatic heterocycles. The first-order valence-electron chi connectivity index (χ1n) is 11.6. The first kappa shape index (κ1) is 27.8. The molecular formula is C21H40O11. The number of ether oxygens (including phenoxy) is 4. The lowest BCUT2D eigenvalue weighted by atomic mass is 9.97. The van der Waals surface area contributed by atoms with Crippen LogP contribution in [0.3, 0.4) is 0 Å². The Kier molecular flexibility index (Phi) is 12.2. The molecule has 2 unspecified atom stereocenters. The standard InChI is InChI=1S/C21H40O11/c1-2-3-4-5-6-7-8-9-29-21-19(17(27)15(25)13(11-23)31-21)32-20-18(28)16(26)14(24)12(10-22)30-20/h12-28H,2-11H2,1H3/t12-,13-,14-,15-,16+,17+,18-,19-,20?,21?/m1/s1. The Hall–Kier alpha value is -0.440. The molecule has 7 N–H and O–H groups in total. The fraction of sp³-hybridized carbons (Fsp3) is 1.00. The fourth-order valence-electron chi connectivity index (χ4n) is 3.93. The molecule has 10 atom stereocenters. The van der Waals surface area contributed by atoms with Gasteiger partial charge in [0.05, 0.1) is 13.2 Å². The van der Waals surface area contributed by atoms with Gasteiger partial charge in [0, 0.05) is 6.61 Å². The number of rotatable bonds is 13. The lowest BCUT2D eigenvalue weighted by Crippen LogP contribution is -2.64. The van der Waals surface area contributed by atoms with Gasteiger partial charge in [0.1, 0.15) is 48.8 Å². The molecule has 32 heavy (non-hydrogen) atoms. The van der Waals surface area contributed by atoms with Crippen LogP contribution in [0.25, 0.3) is 0 Å². The molecule has 2 heterocycles. The van der Waals surface area contributed by atoms with Gasteiger partial charge in [0.25, 0.3) is 0 Å². The number of hydrogen-bond donors (Lipinski definition) is 7. The zero-order valence-electron chi connectivity index (χ0n) is 18.6. The summed E-state index contributed by atoms with van der Waals surface area (Å²) in [5, 5.41) is 69.6. The average molecular weight is 469 g/mol. The summed E-state index contributed by atoms with van der Waals surface area (Å²) in [6, 6.07) is 0. The third-order valence-corrected chi connectivity index (χ3v) is 5.99. The minimum atomic E-state index is -1.68. The summed E-state index contributed by atoms with van der Waals surface area (Å²) in [4.78, 5) is 0. The van der Waals surface area contributed by atoms with Crippen LogP contribution in [0.5, 0.6) is 0 Å². The molecule has 11 heteroatoms. The topological polar surface area (TPSA) is 179 Å². The minimum Gasteiger partial charge on any atom is -0.394 e. The number of unbranched alkanes of at least 4 members (excludes halogenated alkanes) is 6. The second kappa shape index (κ2) is 14.1. The van der Waals surface area contributed by atoms with Gasteiger partial charge in [-0.3, -0.25) is 0 Å². The van der Waals surface area contributed by atoms with Crippen LogP contribution in [0, 0.1) is 0 Å². The van der Waals surface area contributed by atoms with E-state index >= 15 is 0 Å². The second-order valence-electron chi connectivity index (χ2n) is 8.50. The highest BCUT2D eigenvalue weighted by Crippen LogP contribution is 2.29. The highest BCUT2D eigenvalue weighted by molar-refractivity contribution is 4.93. The van der Waals surface area contributed by atoms with Gasteiger partial charge >= 0.3 is 0 Å². The Labute approximate surface area is 188 Å². The molecule has 11 nitrogen and oxygen atoms in total. The fourth-order valence-corrected chi connectivity index (χ4v) is 3.93. The molecular weight excluding hydrogens is 428 g/mol. The van der Waals surface area contributed by atoms with Crippen molar-refractivity contribution in [3.63, 3.8) is 0 Å². The molecule has 2 fully saturated rings. The largest absolute Gasteiger partial charge is 0.394 e. The molecule has 0 aromatic rings. The summed E-state index contributed by atoms with van der Waals surface area (Å²) in [6.07, 6.45) is -6.78. The molecule has 0 aromatic heterocycles. The van der Waals surface area contributed by atoms with E-state index in [0.29, 0.717) is 0 Å². The maximum absolute atomic E-state index is 10.5. The molecule has 2 saturated heterocycles. The quantitative estimate of drug-likeness (QED) is 0.154. The van der Waals surface area contributed by atoms with E-state index in [4.69, 9.17) is 18.9 Å². The monoisotopic (exact) mass is 468 g/mol.